The summed E-state index contributed by atoms with van der Waals surface area (Å²) in [5.41, 5.74) is 1.17. The van der Waals surface area contributed by atoms with Crippen molar-refractivity contribution in [1.82, 2.24) is 4.90 Å². The van der Waals surface area contributed by atoms with Gasteiger partial charge in [-0.25, -0.2) is 4.99 Å². The van der Waals surface area contributed by atoms with Crippen molar-refractivity contribution >= 4 is 6.34 Å². The van der Waals surface area contributed by atoms with E-state index in [0.717, 1.165) is 0 Å². The Morgan fingerprint density at radius 2 is 2.20 bits per heavy atom. The largest absolute Gasteiger partial charge is 0.340 e. The van der Waals surface area contributed by atoms with Gasteiger partial charge in [-0.15, -0.1) is 0 Å². The maximum absolute atomic E-state index is 3.86. The van der Waals surface area contributed by atoms with E-state index in [0.29, 0.717) is 0 Å². The van der Waals surface area contributed by atoms with Crippen LogP contribution in [0, 0.1) is 0 Å². The van der Waals surface area contributed by atoms with Crippen molar-refractivity contribution in [2.45, 2.75) is 13.8 Å². The first-order valence-electron chi connectivity index (χ1n) is 3.22. The quantitative estimate of drug-likeness (QED) is 0.430. The van der Waals surface area contributed by atoms with Crippen LogP contribution in [0.4, 0.5) is 0 Å². The zero-order valence-electron chi connectivity index (χ0n) is 6.83. The average molecular weight is 138 g/mol. The zero-order valence-corrected chi connectivity index (χ0v) is 6.83. The molecule has 10 heavy (non-hydrogen) atoms. The van der Waals surface area contributed by atoms with Crippen LogP contribution in [-0.4, -0.2) is 18.3 Å². The number of hydrogen-bond donors (Lipinski definition) is 0. The fourth-order valence-corrected chi connectivity index (χ4v) is 0.442. The molecular formula is C8H14N2. The van der Waals surface area contributed by atoms with Crippen LogP contribution < -0.4 is 0 Å². The Kier molecular flexibility index (Phi) is 4.29. The van der Waals surface area contributed by atoms with Gasteiger partial charge in [-0.3, -0.25) is 0 Å². The van der Waals surface area contributed by atoms with Crippen molar-refractivity contribution in [3.8, 4) is 0 Å². The second kappa shape index (κ2) is 4.79. The van der Waals surface area contributed by atoms with Gasteiger partial charge in [0.05, 0.1) is 6.34 Å². The molecule has 0 amide bonds. The molecule has 2 nitrogen and oxygen atoms in total. The molecule has 2 heteroatoms. The van der Waals surface area contributed by atoms with Gasteiger partial charge in [0, 0.05) is 18.9 Å². The summed E-state index contributed by atoms with van der Waals surface area (Å²) >= 11 is 0. The lowest BCUT2D eigenvalue weighted by Crippen LogP contribution is -2.12. The highest BCUT2D eigenvalue weighted by Gasteiger charge is 1.89. The van der Waals surface area contributed by atoms with Crippen molar-refractivity contribution in [1.29, 1.82) is 0 Å². The molecule has 0 bridgehead atoms. The summed E-state index contributed by atoms with van der Waals surface area (Å²) in [5.74, 6) is 0. The molecule has 0 aromatic heterocycles. The normalized spacial score (nSPS) is 12.1. The molecule has 0 N–H and O–H groups in total. The van der Waals surface area contributed by atoms with Crippen LogP contribution in [0.15, 0.2) is 29.5 Å². The summed E-state index contributed by atoms with van der Waals surface area (Å²) in [6, 6.07) is 0. The molecule has 0 aliphatic heterocycles. The van der Waals surface area contributed by atoms with Crippen LogP contribution in [-0.2, 0) is 0 Å². The van der Waals surface area contributed by atoms with Crippen LogP contribution >= 0.6 is 0 Å². The van der Waals surface area contributed by atoms with E-state index in [1.807, 2.05) is 31.9 Å². The summed E-state index contributed by atoms with van der Waals surface area (Å²) in [6.45, 7) is 7.49. The van der Waals surface area contributed by atoms with Gasteiger partial charge in [-0.05, 0) is 13.8 Å². The molecule has 0 saturated heterocycles. The highest BCUT2D eigenvalue weighted by molar-refractivity contribution is 5.57. The third-order valence-electron chi connectivity index (χ3n) is 1.32. The summed E-state index contributed by atoms with van der Waals surface area (Å²) in [5, 5.41) is 0. The topological polar surface area (TPSA) is 15.6 Å². The molecule has 0 atom stereocenters. The Bertz CT molecular complexity index is 157. The first-order chi connectivity index (χ1) is 4.72. The van der Waals surface area contributed by atoms with Crippen molar-refractivity contribution in [3.63, 3.8) is 0 Å². The lowest BCUT2D eigenvalue weighted by molar-refractivity contribution is 0.644. The summed E-state index contributed by atoms with van der Waals surface area (Å²) < 4.78 is 0. The summed E-state index contributed by atoms with van der Waals surface area (Å²) in [7, 11) is 1.95. The fourth-order valence-electron chi connectivity index (χ4n) is 0.442. The first kappa shape index (κ1) is 8.95. The molecule has 0 spiro atoms. The highest BCUT2D eigenvalue weighted by atomic mass is 15.1. The average Bonchev–Trinajstić information content (AvgIpc) is 1.98. The second-order valence-corrected chi connectivity index (χ2v) is 1.99. The minimum Gasteiger partial charge on any atom is -0.340 e. The van der Waals surface area contributed by atoms with E-state index in [9.17, 15) is 0 Å². The van der Waals surface area contributed by atoms with Crippen molar-refractivity contribution < 1.29 is 0 Å². The van der Waals surface area contributed by atoms with E-state index < -0.39 is 0 Å². The van der Waals surface area contributed by atoms with Gasteiger partial charge in [0.1, 0.15) is 0 Å². The van der Waals surface area contributed by atoms with E-state index >= 15 is 0 Å². The number of nitrogens with zero attached hydrogens (tertiary/aromatic N) is 2. The van der Waals surface area contributed by atoms with E-state index in [1.54, 1.807) is 6.34 Å². The van der Waals surface area contributed by atoms with Crippen LogP contribution in [0.25, 0.3) is 0 Å². The third kappa shape index (κ3) is 3.07. The highest BCUT2D eigenvalue weighted by Crippen LogP contribution is 1.94. The van der Waals surface area contributed by atoms with Crippen LogP contribution in [0.2, 0.25) is 0 Å². The third-order valence-corrected chi connectivity index (χ3v) is 1.32. The summed E-state index contributed by atoms with van der Waals surface area (Å²) in [6.07, 6.45) is 5.26. The smallest absolute Gasteiger partial charge is 0.0943 e. The van der Waals surface area contributed by atoms with Gasteiger partial charge < -0.3 is 4.90 Å². The second-order valence-electron chi connectivity index (χ2n) is 1.99. The molecule has 0 fully saturated rings. The molecular weight excluding hydrogens is 124 g/mol. The Morgan fingerprint density at radius 1 is 1.60 bits per heavy atom. The molecule has 0 aliphatic carbocycles. The van der Waals surface area contributed by atoms with E-state index in [2.05, 4.69) is 11.6 Å². The Morgan fingerprint density at radius 3 is 2.60 bits per heavy atom. The van der Waals surface area contributed by atoms with E-state index in [1.165, 1.54) is 11.9 Å². The molecule has 0 aliphatic rings. The predicted octanol–water partition coefficient (Wildman–Crippen LogP) is 2.01. The fraction of sp³-hybridized carbons (Fsp3) is 0.375. The van der Waals surface area contributed by atoms with Crippen LogP contribution in [0.3, 0.4) is 0 Å². The Balaban J connectivity index is 3.95. The van der Waals surface area contributed by atoms with Crippen LogP contribution in [0.5, 0.6) is 0 Å². The van der Waals surface area contributed by atoms with Crippen molar-refractivity contribution in [2.24, 2.45) is 4.99 Å². The van der Waals surface area contributed by atoms with Gasteiger partial charge >= 0.3 is 0 Å². The number of allylic oxidation sites excluding steroid dienone is 2. The van der Waals surface area contributed by atoms with Gasteiger partial charge in [0.2, 0.25) is 0 Å². The maximum atomic E-state index is 3.86. The van der Waals surface area contributed by atoms with Crippen molar-refractivity contribution in [2.75, 3.05) is 7.05 Å². The standard InChI is InChI=1S/C8H14N2/c1-5-8(3)10(4)7-9-6-2/h5-7H,2H2,1,3-4H3/b8-5-,9-7?. The van der Waals surface area contributed by atoms with Gasteiger partial charge in [0.15, 0.2) is 0 Å². The van der Waals surface area contributed by atoms with Gasteiger partial charge in [-0.2, -0.15) is 0 Å². The van der Waals surface area contributed by atoms with Crippen molar-refractivity contribution in [3.05, 3.63) is 24.6 Å². The monoisotopic (exact) mass is 138 g/mol. The molecule has 56 valence electrons. The first-order valence-corrected chi connectivity index (χ1v) is 3.22. The molecule has 0 saturated carbocycles. The van der Waals surface area contributed by atoms with Gasteiger partial charge in [0.25, 0.3) is 0 Å². The SMILES string of the molecule is C=CN=CN(C)/C(C)=C\C. The molecule has 0 unspecified atom stereocenters. The number of hydrogen-bond acceptors (Lipinski definition) is 1. The number of aliphatic imine (C=N–C) groups is 1. The summed E-state index contributed by atoms with van der Waals surface area (Å²) in [4.78, 5) is 5.80. The Labute approximate surface area is 62.6 Å². The molecule has 0 aromatic rings. The van der Waals surface area contributed by atoms with E-state index in [4.69, 9.17) is 0 Å². The molecule has 0 heterocycles. The van der Waals surface area contributed by atoms with Gasteiger partial charge in [-0.1, -0.05) is 12.7 Å². The van der Waals surface area contributed by atoms with E-state index in [-0.39, 0.29) is 0 Å². The minimum atomic E-state index is 1.17. The Hall–Kier alpha value is -1.05. The lowest BCUT2D eigenvalue weighted by atomic mass is 10.4. The molecule has 0 aromatic carbocycles. The zero-order chi connectivity index (χ0) is 7.98. The lowest BCUT2D eigenvalue weighted by Gasteiger charge is -2.11. The maximum Gasteiger partial charge on any atom is 0.0943 e. The van der Waals surface area contributed by atoms with Crippen LogP contribution in [0.1, 0.15) is 13.8 Å². The predicted molar refractivity (Wildman–Crippen MR) is 45.9 cm³/mol. The minimum absolute atomic E-state index is 1.17. The molecule has 0 rings (SSSR count). The molecule has 0 radical (unpaired) electrons. The number of rotatable bonds is 3.